The minimum atomic E-state index is -0.0836. The van der Waals surface area contributed by atoms with Crippen molar-refractivity contribution in [1.29, 1.82) is 0 Å². The fourth-order valence-corrected chi connectivity index (χ4v) is 4.32. The predicted octanol–water partition coefficient (Wildman–Crippen LogP) is 3.50. The van der Waals surface area contributed by atoms with Crippen LogP contribution in [0.2, 0.25) is 5.02 Å². The molecule has 3 aromatic rings. The quantitative estimate of drug-likeness (QED) is 0.781. The number of hydrogen-bond acceptors (Lipinski definition) is 3. The first-order valence-electron chi connectivity index (χ1n) is 7.20. The molecule has 2 aromatic heterocycles. The number of rotatable bonds is 2. The van der Waals surface area contributed by atoms with E-state index in [1.807, 2.05) is 36.7 Å². The number of hydrogen-bond donors (Lipinski definition) is 1. The van der Waals surface area contributed by atoms with Crippen LogP contribution in [0.15, 0.2) is 36.7 Å². The molecule has 6 heteroatoms. The van der Waals surface area contributed by atoms with Crippen LogP contribution >= 0.6 is 22.9 Å². The van der Waals surface area contributed by atoms with Gasteiger partial charge in [-0.25, -0.2) is 4.98 Å². The molecule has 22 heavy (non-hydrogen) atoms. The van der Waals surface area contributed by atoms with Gasteiger partial charge in [-0.15, -0.1) is 11.3 Å². The third-order valence-corrected chi connectivity index (χ3v) is 5.69. The van der Waals surface area contributed by atoms with Crippen LogP contribution in [0.1, 0.15) is 21.9 Å². The highest BCUT2D eigenvalue weighted by Crippen LogP contribution is 2.35. The van der Waals surface area contributed by atoms with Crippen molar-refractivity contribution in [2.75, 3.05) is 0 Å². The number of nitrogens with one attached hydrogen (secondary N) is 1. The van der Waals surface area contributed by atoms with Gasteiger partial charge in [-0.3, -0.25) is 4.79 Å². The van der Waals surface area contributed by atoms with Gasteiger partial charge < -0.3 is 9.88 Å². The lowest BCUT2D eigenvalue weighted by molar-refractivity contribution is 0.0932. The summed E-state index contributed by atoms with van der Waals surface area (Å²) >= 11 is 7.81. The SMILES string of the molecule is O=C(N[C@H]1CCc2nccn2C1)c1sc2ccccc2c1Cl. The van der Waals surface area contributed by atoms with E-state index in [4.69, 9.17) is 11.6 Å². The van der Waals surface area contributed by atoms with Gasteiger partial charge in [0.25, 0.3) is 5.91 Å². The number of aryl methyl sites for hydroxylation is 1. The summed E-state index contributed by atoms with van der Waals surface area (Å²) in [6.45, 7) is 0.767. The van der Waals surface area contributed by atoms with Gasteiger partial charge in [0, 0.05) is 41.5 Å². The lowest BCUT2D eigenvalue weighted by Crippen LogP contribution is -2.40. The van der Waals surface area contributed by atoms with E-state index in [0.717, 1.165) is 35.3 Å². The standard InChI is InChI=1S/C16H14ClN3OS/c17-14-11-3-1-2-4-12(11)22-15(14)16(21)19-10-5-6-13-18-7-8-20(13)9-10/h1-4,7-8,10H,5-6,9H2,(H,19,21)/t10-/m0/s1. The molecule has 1 atom stereocenters. The van der Waals surface area contributed by atoms with Crippen molar-refractivity contribution in [2.24, 2.45) is 0 Å². The van der Waals surface area contributed by atoms with Gasteiger partial charge in [-0.1, -0.05) is 29.8 Å². The molecular formula is C16H14ClN3OS. The van der Waals surface area contributed by atoms with Crippen molar-refractivity contribution >= 4 is 38.9 Å². The van der Waals surface area contributed by atoms with Crippen LogP contribution < -0.4 is 5.32 Å². The monoisotopic (exact) mass is 331 g/mol. The Morgan fingerprint density at radius 3 is 3.14 bits per heavy atom. The summed E-state index contributed by atoms with van der Waals surface area (Å²) in [5, 5.41) is 4.60. The van der Waals surface area contributed by atoms with E-state index in [-0.39, 0.29) is 11.9 Å². The Kier molecular flexibility index (Phi) is 3.39. The van der Waals surface area contributed by atoms with Crippen LogP contribution in [0.5, 0.6) is 0 Å². The summed E-state index contributed by atoms with van der Waals surface area (Å²) in [4.78, 5) is 17.4. The van der Waals surface area contributed by atoms with E-state index in [0.29, 0.717) is 9.90 Å². The van der Waals surface area contributed by atoms with Crippen LogP contribution in [-0.4, -0.2) is 21.5 Å². The molecule has 3 heterocycles. The van der Waals surface area contributed by atoms with Crippen LogP contribution in [0.3, 0.4) is 0 Å². The lowest BCUT2D eigenvalue weighted by Gasteiger charge is -2.24. The maximum absolute atomic E-state index is 12.5. The molecule has 1 amide bonds. The van der Waals surface area contributed by atoms with E-state index in [1.165, 1.54) is 11.3 Å². The molecule has 0 saturated carbocycles. The Hall–Kier alpha value is -1.85. The summed E-state index contributed by atoms with van der Waals surface area (Å²) in [5.74, 6) is 1.00. The predicted molar refractivity (Wildman–Crippen MR) is 88.6 cm³/mol. The lowest BCUT2D eigenvalue weighted by atomic mass is 10.1. The minimum Gasteiger partial charge on any atom is -0.347 e. The summed E-state index contributed by atoms with van der Waals surface area (Å²) < 4.78 is 3.14. The van der Waals surface area contributed by atoms with Crippen LogP contribution in [0, 0.1) is 0 Å². The number of amides is 1. The second kappa shape index (κ2) is 5.41. The van der Waals surface area contributed by atoms with E-state index >= 15 is 0 Å². The number of aromatic nitrogens is 2. The maximum atomic E-state index is 12.5. The maximum Gasteiger partial charge on any atom is 0.263 e. The van der Waals surface area contributed by atoms with Crippen molar-refractivity contribution in [3.8, 4) is 0 Å². The molecule has 0 unspecified atom stereocenters. The number of thiophene rings is 1. The molecule has 4 nitrogen and oxygen atoms in total. The minimum absolute atomic E-state index is 0.0836. The highest BCUT2D eigenvalue weighted by Gasteiger charge is 2.23. The molecule has 1 aliphatic heterocycles. The third-order valence-electron chi connectivity index (χ3n) is 4.01. The van der Waals surface area contributed by atoms with Crippen molar-refractivity contribution < 1.29 is 4.79 Å². The van der Waals surface area contributed by atoms with Crippen molar-refractivity contribution in [3.05, 3.63) is 52.4 Å². The normalized spacial score (nSPS) is 17.4. The number of nitrogens with zero attached hydrogens (tertiary/aromatic N) is 2. The molecule has 112 valence electrons. The highest BCUT2D eigenvalue weighted by molar-refractivity contribution is 7.21. The van der Waals surface area contributed by atoms with Gasteiger partial charge in [-0.2, -0.15) is 0 Å². The van der Waals surface area contributed by atoms with Gasteiger partial charge >= 0.3 is 0 Å². The summed E-state index contributed by atoms with van der Waals surface area (Å²) in [7, 11) is 0. The average Bonchev–Trinajstić information content (AvgIpc) is 3.12. The zero-order valence-electron chi connectivity index (χ0n) is 11.8. The van der Waals surface area contributed by atoms with Crippen molar-refractivity contribution in [2.45, 2.75) is 25.4 Å². The van der Waals surface area contributed by atoms with Crippen molar-refractivity contribution in [1.82, 2.24) is 14.9 Å². The molecule has 0 bridgehead atoms. The number of carbonyl (C=O) groups is 1. The van der Waals surface area contributed by atoms with Crippen molar-refractivity contribution in [3.63, 3.8) is 0 Å². The molecule has 0 aliphatic carbocycles. The fourth-order valence-electron chi connectivity index (χ4n) is 2.90. The van der Waals surface area contributed by atoms with Gasteiger partial charge in [0.1, 0.15) is 10.7 Å². The number of benzene rings is 1. The van der Waals surface area contributed by atoms with E-state index in [1.54, 1.807) is 0 Å². The van der Waals surface area contributed by atoms with E-state index < -0.39 is 0 Å². The molecule has 4 rings (SSSR count). The molecule has 0 saturated heterocycles. The first kappa shape index (κ1) is 13.8. The van der Waals surface area contributed by atoms with E-state index in [9.17, 15) is 4.79 Å². The average molecular weight is 332 g/mol. The van der Waals surface area contributed by atoms with Crippen LogP contribution in [0.4, 0.5) is 0 Å². The van der Waals surface area contributed by atoms with Crippen LogP contribution in [0.25, 0.3) is 10.1 Å². The van der Waals surface area contributed by atoms with Gasteiger partial charge in [0.15, 0.2) is 0 Å². The summed E-state index contributed by atoms with van der Waals surface area (Å²) in [6.07, 6.45) is 5.56. The third kappa shape index (κ3) is 2.30. The molecule has 1 aromatic carbocycles. The van der Waals surface area contributed by atoms with Gasteiger partial charge in [-0.05, 0) is 12.5 Å². The largest absolute Gasteiger partial charge is 0.347 e. The number of halogens is 1. The Bertz CT molecular complexity index is 854. The Morgan fingerprint density at radius 1 is 1.41 bits per heavy atom. The molecule has 1 N–H and O–H groups in total. The highest BCUT2D eigenvalue weighted by atomic mass is 35.5. The molecular weight excluding hydrogens is 318 g/mol. The Balaban J connectivity index is 1.56. The first-order valence-corrected chi connectivity index (χ1v) is 8.40. The Labute approximate surface area is 136 Å². The van der Waals surface area contributed by atoms with Gasteiger partial charge in [0.05, 0.1) is 5.02 Å². The zero-order chi connectivity index (χ0) is 15.1. The van der Waals surface area contributed by atoms with E-state index in [2.05, 4.69) is 14.9 Å². The molecule has 0 fully saturated rings. The second-order valence-electron chi connectivity index (χ2n) is 5.45. The molecule has 1 aliphatic rings. The summed E-state index contributed by atoms with van der Waals surface area (Å²) in [5.41, 5.74) is 0. The number of fused-ring (bicyclic) bond motifs is 2. The Morgan fingerprint density at radius 2 is 2.27 bits per heavy atom. The van der Waals surface area contributed by atoms with Crippen LogP contribution in [-0.2, 0) is 13.0 Å². The first-order chi connectivity index (χ1) is 10.7. The second-order valence-corrected chi connectivity index (χ2v) is 6.88. The smallest absolute Gasteiger partial charge is 0.263 e. The number of carbonyl (C=O) groups excluding carboxylic acids is 1. The number of imidazole rings is 1. The summed E-state index contributed by atoms with van der Waals surface area (Å²) in [6, 6.07) is 7.95. The zero-order valence-corrected chi connectivity index (χ0v) is 13.3. The molecule has 0 radical (unpaired) electrons. The molecule has 0 spiro atoms. The topological polar surface area (TPSA) is 46.9 Å². The fraction of sp³-hybridized carbons (Fsp3) is 0.250. The van der Waals surface area contributed by atoms with Gasteiger partial charge in [0.2, 0.25) is 0 Å².